The fourth-order valence-electron chi connectivity index (χ4n) is 3.74. The van der Waals surface area contributed by atoms with Crippen LogP contribution in [0.25, 0.3) is 22.3 Å². The molecule has 8 nitrogen and oxygen atoms in total. The number of benzene rings is 3. The Hall–Kier alpha value is -4.59. The average molecular weight is 502 g/mol. The first kappa shape index (κ1) is 25.5. The second-order valence-corrected chi connectivity index (χ2v) is 8.39. The topological polar surface area (TPSA) is 104 Å². The van der Waals surface area contributed by atoms with Crippen LogP contribution >= 0.6 is 0 Å². The van der Waals surface area contributed by atoms with E-state index in [1.54, 1.807) is 68.6 Å². The van der Waals surface area contributed by atoms with Gasteiger partial charge >= 0.3 is 5.97 Å². The lowest BCUT2D eigenvalue weighted by Crippen LogP contribution is -2.22. The Balaban J connectivity index is 1.61. The first-order chi connectivity index (χ1) is 17.8. The number of anilines is 1. The Morgan fingerprint density at radius 2 is 1.62 bits per heavy atom. The van der Waals surface area contributed by atoms with Crippen molar-refractivity contribution in [3.8, 4) is 22.8 Å². The number of amides is 1. The number of rotatable bonds is 8. The number of carbonyl (C=O) groups excluding carboxylic acids is 2. The summed E-state index contributed by atoms with van der Waals surface area (Å²) in [6.45, 7) is 5.42. The van der Waals surface area contributed by atoms with Crippen molar-refractivity contribution in [2.45, 2.75) is 20.8 Å². The summed E-state index contributed by atoms with van der Waals surface area (Å²) in [7, 11) is 1.56. The molecule has 0 aliphatic carbocycles. The van der Waals surface area contributed by atoms with Gasteiger partial charge in [-0.15, -0.1) is 0 Å². The number of nitrogens with one attached hydrogen (secondary N) is 1. The minimum Gasteiger partial charge on any atom is -0.497 e. The molecule has 0 saturated carbocycles. The molecular formula is C29H27NO7. The standard InChI is InChI=1S/C29H27NO7/c1-5-35-29(33)20-6-10-21(11-7-20)30-25(31)16-36-28-26(32)23-14-17(2)18(3)15-24(23)37-27(28)19-8-12-22(34-4)13-9-19/h6-15H,5,16H2,1-4H3,(H,30,31). The van der Waals surface area contributed by atoms with Gasteiger partial charge in [0.2, 0.25) is 11.2 Å². The SMILES string of the molecule is CCOC(=O)c1ccc(NC(=O)COc2c(-c3ccc(OC)cc3)oc3cc(C)c(C)cc3c2=O)cc1. The second-order valence-electron chi connectivity index (χ2n) is 8.39. The fraction of sp³-hybridized carbons (Fsp3) is 0.207. The van der Waals surface area contributed by atoms with E-state index in [-0.39, 0.29) is 23.5 Å². The van der Waals surface area contributed by atoms with Crippen LogP contribution in [-0.2, 0) is 9.53 Å². The summed E-state index contributed by atoms with van der Waals surface area (Å²) in [6, 6.07) is 16.8. The second kappa shape index (κ2) is 11.0. The van der Waals surface area contributed by atoms with E-state index in [0.29, 0.717) is 33.5 Å². The van der Waals surface area contributed by atoms with E-state index in [1.807, 2.05) is 19.9 Å². The van der Waals surface area contributed by atoms with Crippen molar-refractivity contribution in [3.63, 3.8) is 0 Å². The van der Waals surface area contributed by atoms with Gasteiger partial charge in [0, 0.05) is 11.3 Å². The van der Waals surface area contributed by atoms with E-state index in [1.165, 1.54) is 0 Å². The number of ether oxygens (including phenoxy) is 3. The molecule has 0 aliphatic heterocycles. The highest BCUT2D eigenvalue weighted by Gasteiger charge is 2.20. The molecule has 190 valence electrons. The van der Waals surface area contributed by atoms with Crippen molar-refractivity contribution < 1.29 is 28.2 Å². The summed E-state index contributed by atoms with van der Waals surface area (Å²) >= 11 is 0. The molecule has 1 aromatic heterocycles. The Morgan fingerprint density at radius 1 is 0.946 bits per heavy atom. The molecule has 0 aliphatic rings. The van der Waals surface area contributed by atoms with Gasteiger partial charge in [0.15, 0.2) is 12.4 Å². The minimum atomic E-state index is -0.482. The predicted octanol–water partition coefficient (Wildman–Crippen LogP) is 5.28. The van der Waals surface area contributed by atoms with E-state index < -0.39 is 18.5 Å². The number of hydrogen-bond acceptors (Lipinski definition) is 7. The third kappa shape index (κ3) is 5.64. The first-order valence-corrected chi connectivity index (χ1v) is 11.7. The number of fused-ring (bicyclic) bond motifs is 1. The summed E-state index contributed by atoms with van der Waals surface area (Å²) in [5.41, 5.74) is 3.42. The van der Waals surface area contributed by atoms with Crippen LogP contribution in [0.3, 0.4) is 0 Å². The molecule has 8 heteroatoms. The van der Waals surface area contributed by atoms with Gasteiger partial charge in [0.1, 0.15) is 11.3 Å². The fourth-order valence-corrected chi connectivity index (χ4v) is 3.74. The van der Waals surface area contributed by atoms with Crippen molar-refractivity contribution in [3.05, 3.63) is 87.6 Å². The highest BCUT2D eigenvalue weighted by molar-refractivity contribution is 5.94. The normalized spacial score (nSPS) is 10.7. The molecule has 4 aromatic rings. The molecule has 0 atom stereocenters. The third-order valence-corrected chi connectivity index (χ3v) is 5.84. The summed E-state index contributed by atoms with van der Waals surface area (Å²) < 4.78 is 22.1. The van der Waals surface area contributed by atoms with Crippen molar-refractivity contribution in [1.29, 1.82) is 0 Å². The number of methoxy groups -OCH3 is 1. The van der Waals surface area contributed by atoms with Crippen molar-refractivity contribution in [2.24, 2.45) is 0 Å². The zero-order valence-electron chi connectivity index (χ0n) is 21.0. The predicted molar refractivity (Wildman–Crippen MR) is 140 cm³/mol. The van der Waals surface area contributed by atoms with Crippen LogP contribution in [0.15, 0.2) is 69.9 Å². The van der Waals surface area contributed by atoms with Gasteiger partial charge < -0.3 is 23.9 Å². The summed E-state index contributed by atoms with van der Waals surface area (Å²) in [6.07, 6.45) is 0. The van der Waals surface area contributed by atoms with Crippen molar-refractivity contribution in [2.75, 3.05) is 25.6 Å². The molecule has 3 aromatic carbocycles. The molecule has 4 rings (SSSR count). The highest BCUT2D eigenvalue weighted by atomic mass is 16.5. The monoisotopic (exact) mass is 501 g/mol. The van der Waals surface area contributed by atoms with E-state index in [2.05, 4.69) is 5.32 Å². The Morgan fingerprint density at radius 3 is 2.27 bits per heavy atom. The van der Waals surface area contributed by atoms with E-state index in [0.717, 1.165) is 11.1 Å². The summed E-state index contributed by atoms with van der Waals surface area (Å²) in [4.78, 5) is 37.9. The van der Waals surface area contributed by atoms with Crippen LogP contribution in [0.5, 0.6) is 11.5 Å². The van der Waals surface area contributed by atoms with Gasteiger partial charge in [-0.25, -0.2) is 4.79 Å². The molecule has 1 amide bonds. The summed E-state index contributed by atoms with van der Waals surface area (Å²) in [5.74, 6) is -0.120. The number of esters is 1. The maximum absolute atomic E-state index is 13.4. The van der Waals surface area contributed by atoms with Gasteiger partial charge in [0.25, 0.3) is 5.91 Å². The zero-order valence-corrected chi connectivity index (χ0v) is 21.0. The maximum Gasteiger partial charge on any atom is 0.338 e. The van der Waals surface area contributed by atoms with E-state index in [9.17, 15) is 14.4 Å². The van der Waals surface area contributed by atoms with Crippen molar-refractivity contribution >= 4 is 28.5 Å². The first-order valence-electron chi connectivity index (χ1n) is 11.7. The van der Waals surface area contributed by atoms with Gasteiger partial charge in [0.05, 0.1) is 24.7 Å². The van der Waals surface area contributed by atoms with Crippen LogP contribution in [0.1, 0.15) is 28.4 Å². The van der Waals surface area contributed by atoms with Crippen LogP contribution in [0.2, 0.25) is 0 Å². The molecule has 1 heterocycles. The Labute approximate surface area is 213 Å². The number of aryl methyl sites for hydroxylation is 2. The number of hydrogen-bond donors (Lipinski definition) is 1. The molecule has 0 radical (unpaired) electrons. The summed E-state index contributed by atoms with van der Waals surface area (Å²) in [5, 5.41) is 3.06. The molecular weight excluding hydrogens is 474 g/mol. The van der Waals surface area contributed by atoms with Crippen molar-refractivity contribution in [1.82, 2.24) is 0 Å². The Kier molecular flexibility index (Phi) is 7.57. The lowest BCUT2D eigenvalue weighted by Gasteiger charge is -2.13. The van der Waals surface area contributed by atoms with Gasteiger partial charge in [-0.05, 0) is 92.6 Å². The third-order valence-electron chi connectivity index (χ3n) is 5.84. The molecule has 37 heavy (non-hydrogen) atoms. The molecule has 0 unspecified atom stereocenters. The van der Waals surface area contributed by atoms with E-state index >= 15 is 0 Å². The lowest BCUT2D eigenvalue weighted by molar-refractivity contribution is -0.118. The van der Waals surface area contributed by atoms with Gasteiger partial charge in [-0.2, -0.15) is 0 Å². The van der Waals surface area contributed by atoms with Gasteiger partial charge in [-0.3, -0.25) is 9.59 Å². The number of carbonyl (C=O) groups is 2. The molecule has 1 N–H and O–H groups in total. The average Bonchev–Trinajstić information content (AvgIpc) is 2.90. The molecule has 0 spiro atoms. The smallest absolute Gasteiger partial charge is 0.338 e. The molecule has 0 fully saturated rings. The van der Waals surface area contributed by atoms with Crippen LogP contribution in [0.4, 0.5) is 5.69 Å². The van der Waals surface area contributed by atoms with E-state index in [4.69, 9.17) is 18.6 Å². The van der Waals surface area contributed by atoms with Gasteiger partial charge in [-0.1, -0.05) is 0 Å². The lowest BCUT2D eigenvalue weighted by atomic mass is 10.0. The minimum absolute atomic E-state index is 0.0614. The highest BCUT2D eigenvalue weighted by Crippen LogP contribution is 2.33. The largest absolute Gasteiger partial charge is 0.497 e. The maximum atomic E-state index is 13.4. The van der Waals surface area contributed by atoms with Crippen LogP contribution in [-0.4, -0.2) is 32.2 Å². The Bertz CT molecular complexity index is 1500. The molecule has 0 saturated heterocycles. The zero-order chi connectivity index (χ0) is 26.5. The van der Waals surface area contributed by atoms with Crippen LogP contribution in [0, 0.1) is 13.8 Å². The molecule has 0 bridgehead atoms. The quantitative estimate of drug-likeness (QED) is 0.328. The van der Waals surface area contributed by atoms with Crippen LogP contribution < -0.4 is 20.2 Å².